The van der Waals surface area contributed by atoms with Crippen molar-refractivity contribution in [3.63, 3.8) is 0 Å². The molecule has 3 nitrogen and oxygen atoms in total. The first-order valence-corrected chi connectivity index (χ1v) is 4.50. The van der Waals surface area contributed by atoms with Crippen LogP contribution in [0.3, 0.4) is 0 Å². The lowest BCUT2D eigenvalue weighted by atomic mass is 10.0. The third-order valence-electron chi connectivity index (χ3n) is 2.05. The van der Waals surface area contributed by atoms with Gasteiger partial charge >= 0.3 is 0 Å². The highest BCUT2D eigenvalue weighted by Gasteiger charge is 2.14. The number of hydrogen-bond donors (Lipinski definition) is 0. The van der Waals surface area contributed by atoms with Crippen LogP contribution < -0.4 is 0 Å². The number of benzene rings is 1. The molecule has 0 aliphatic carbocycles. The molecule has 0 heterocycles. The number of rotatable bonds is 3. The number of nitrogens with zero attached hydrogens (tertiary/aromatic N) is 1. The molecular formula is C10H10ClNO2. The number of hydrogen-bond acceptors (Lipinski definition) is 2. The molecule has 74 valence electrons. The van der Waals surface area contributed by atoms with Crippen molar-refractivity contribution in [1.82, 2.24) is 0 Å². The smallest absolute Gasteiger partial charge is 0.258 e. The molecule has 4 heteroatoms. The van der Waals surface area contributed by atoms with Crippen LogP contribution in [0.2, 0.25) is 5.02 Å². The summed E-state index contributed by atoms with van der Waals surface area (Å²) in [5, 5.41) is 10.7. The normalized spacial score (nSPS) is 12.1. The van der Waals surface area contributed by atoms with Crippen molar-refractivity contribution < 1.29 is 4.92 Å². The van der Waals surface area contributed by atoms with Gasteiger partial charge in [-0.1, -0.05) is 30.7 Å². The Hall–Kier alpha value is -1.35. The predicted octanol–water partition coefficient (Wildman–Crippen LogP) is 3.54. The van der Waals surface area contributed by atoms with Gasteiger partial charge in [-0.25, -0.2) is 0 Å². The minimum Gasteiger partial charge on any atom is -0.258 e. The topological polar surface area (TPSA) is 43.1 Å². The number of halogens is 1. The summed E-state index contributed by atoms with van der Waals surface area (Å²) < 4.78 is 0. The SMILES string of the molecule is C=CC(C)c1ccc(Cl)c([N+](=O)[O-])c1. The van der Waals surface area contributed by atoms with Crippen molar-refractivity contribution in [2.75, 3.05) is 0 Å². The average Bonchev–Trinajstić information content (AvgIpc) is 2.17. The molecule has 0 N–H and O–H groups in total. The Balaban J connectivity index is 3.19. The first-order chi connectivity index (χ1) is 6.56. The van der Waals surface area contributed by atoms with Gasteiger partial charge < -0.3 is 0 Å². The second-order valence-electron chi connectivity index (χ2n) is 2.99. The molecule has 0 aromatic heterocycles. The van der Waals surface area contributed by atoms with Gasteiger partial charge in [0.2, 0.25) is 0 Å². The van der Waals surface area contributed by atoms with E-state index in [1.165, 1.54) is 12.1 Å². The lowest BCUT2D eigenvalue weighted by Crippen LogP contribution is -1.93. The lowest BCUT2D eigenvalue weighted by molar-refractivity contribution is -0.384. The van der Waals surface area contributed by atoms with E-state index in [1.807, 2.05) is 6.92 Å². The molecule has 0 radical (unpaired) electrons. The predicted molar refractivity (Wildman–Crippen MR) is 56.7 cm³/mol. The molecule has 1 aromatic rings. The molecule has 1 unspecified atom stereocenters. The summed E-state index contributed by atoms with van der Waals surface area (Å²) in [5.41, 5.74) is 0.786. The van der Waals surface area contributed by atoms with E-state index >= 15 is 0 Å². The van der Waals surface area contributed by atoms with Crippen LogP contribution >= 0.6 is 11.6 Å². The van der Waals surface area contributed by atoms with Crippen LogP contribution in [0, 0.1) is 10.1 Å². The molecule has 0 fully saturated rings. The monoisotopic (exact) mass is 211 g/mol. The molecule has 0 bridgehead atoms. The Kier molecular flexibility index (Phi) is 3.25. The van der Waals surface area contributed by atoms with E-state index in [9.17, 15) is 10.1 Å². The van der Waals surface area contributed by atoms with Crippen molar-refractivity contribution in [1.29, 1.82) is 0 Å². The second kappa shape index (κ2) is 4.24. The van der Waals surface area contributed by atoms with Gasteiger partial charge in [-0.2, -0.15) is 0 Å². The van der Waals surface area contributed by atoms with Gasteiger partial charge in [0.25, 0.3) is 5.69 Å². The van der Waals surface area contributed by atoms with Crippen LogP contribution in [-0.4, -0.2) is 4.92 Å². The zero-order valence-corrected chi connectivity index (χ0v) is 8.49. The maximum absolute atomic E-state index is 10.6. The minimum absolute atomic E-state index is 0.0575. The maximum Gasteiger partial charge on any atom is 0.288 e. The Labute approximate surface area is 87.2 Å². The van der Waals surface area contributed by atoms with Gasteiger partial charge in [0.05, 0.1) is 4.92 Å². The van der Waals surface area contributed by atoms with E-state index in [2.05, 4.69) is 6.58 Å². The summed E-state index contributed by atoms with van der Waals surface area (Å²) in [5.74, 6) is 0.0889. The fraction of sp³-hybridized carbons (Fsp3) is 0.200. The van der Waals surface area contributed by atoms with Crippen LogP contribution in [0.5, 0.6) is 0 Å². The highest BCUT2D eigenvalue weighted by atomic mass is 35.5. The first kappa shape index (κ1) is 10.7. The van der Waals surface area contributed by atoms with Gasteiger partial charge in [-0.3, -0.25) is 10.1 Å². The van der Waals surface area contributed by atoms with E-state index in [0.29, 0.717) is 0 Å². The van der Waals surface area contributed by atoms with Gasteiger partial charge in [0, 0.05) is 6.07 Å². The quantitative estimate of drug-likeness (QED) is 0.436. The van der Waals surface area contributed by atoms with Gasteiger partial charge in [-0.05, 0) is 17.5 Å². The standard InChI is InChI=1S/C10H10ClNO2/c1-3-7(2)8-4-5-9(11)10(6-8)12(13)14/h3-7H,1H2,2H3. The van der Waals surface area contributed by atoms with Crippen LogP contribution in [0.4, 0.5) is 5.69 Å². The van der Waals surface area contributed by atoms with E-state index in [-0.39, 0.29) is 16.6 Å². The summed E-state index contributed by atoms with van der Waals surface area (Å²) in [4.78, 5) is 10.1. The average molecular weight is 212 g/mol. The molecule has 1 rings (SSSR count). The van der Waals surface area contributed by atoms with Crippen molar-refractivity contribution >= 4 is 17.3 Å². The molecule has 1 aromatic carbocycles. The first-order valence-electron chi connectivity index (χ1n) is 4.12. The Morgan fingerprint density at radius 2 is 2.29 bits per heavy atom. The molecule has 14 heavy (non-hydrogen) atoms. The highest BCUT2D eigenvalue weighted by Crippen LogP contribution is 2.28. The van der Waals surface area contributed by atoms with E-state index in [4.69, 9.17) is 11.6 Å². The zero-order chi connectivity index (χ0) is 10.7. The van der Waals surface area contributed by atoms with Crippen LogP contribution in [0.25, 0.3) is 0 Å². The summed E-state index contributed by atoms with van der Waals surface area (Å²) in [6, 6.07) is 4.78. The van der Waals surface area contributed by atoms with Gasteiger partial charge in [0.1, 0.15) is 5.02 Å². The van der Waals surface area contributed by atoms with E-state index in [0.717, 1.165) is 5.56 Å². The largest absolute Gasteiger partial charge is 0.288 e. The fourth-order valence-corrected chi connectivity index (χ4v) is 1.28. The van der Waals surface area contributed by atoms with Crippen molar-refractivity contribution in [2.45, 2.75) is 12.8 Å². The van der Waals surface area contributed by atoms with Crippen LogP contribution in [0.1, 0.15) is 18.4 Å². The zero-order valence-electron chi connectivity index (χ0n) is 7.74. The van der Waals surface area contributed by atoms with Crippen LogP contribution in [-0.2, 0) is 0 Å². The molecule has 0 saturated heterocycles. The highest BCUT2D eigenvalue weighted by molar-refractivity contribution is 6.32. The summed E-state index contributed by atoms with van der Waals surface area (Å²) in [7, 11) is 0. The lowest BCUT2D eigenvalue weighted by Gasteiger charge is -2.05. The minimum atomic E-state index is -0.484. The molecule has 0 aliphatic rings. The fourth-order valence-electron chi connectivity index (χ4n) is 1.09. The van der Waals surface area contributed by atoms with Crippen LogP contribution in [0.15, 0.2) is 30.9 Å². The number of allylic oxidation sites excluding steroid dienone is 1. The third kappa shape index (κ3) is 2.12. The van der Waals surface area contributed by atoms with E-state index < -0.39 is 4.92 Å². The molecule has 1 atom stereocenters. The number of nitro groups is 1. The summed E-state index contributed by atoms with van der Waals surface area (Å²) in [6.07, 6.45) is 1.73. The molecular weight excluding hydrogens is 202 g/mol. The molecule has 0 spiro atoms. The second-order valence-corrected chi connectivity index (χ2v) is 3.40. The van der Waals surface area contributed by atoms with Crippen molar-refractivity contribution in [2.24, 2.45) is 0 Å². The molecule has 0 aliphatic heterocycles. The maximum atomic E-state index is 10.6. The summed E-state index contributed by atoms with van der Waals surface area (Å²) in [6.45, 7) is 5.55. The third-order valence-corrected chi connectivity index (χ3v) is 2.37. The van der Waals surface area contributed by atoms with E-state index in [1.54, 1.807) is 12.1 Å². The molecule has 0 saturated carbocycles. The Morgan fingerprint density at radius 1 is 1.64 bits per heavy atom. The van der Waals surface area contributed by atoms with Crippen molar-refractivity contribution in [3.8, 4) is 0 Å². The summed E-state index contributed by atoms with van der Waals surface area (Å²) >= 11 is 5.67. The Bertz CT molecular complexity index is 376. The molecule has 0 amide bonds. The van der Waals surface area contributed by atoms with Crippen molar-refractivity contribution in [3.05, 3.63) is 51.6 Å². The van der Waals surface area contributed by atoms with Gasteiger partial charge in [0.15, 0.2) is 0 Å². The number of nitro benzene ring substituents is 1. The Morgan fingerprint density at radius 3 is 2.79 bits per heavy atom. The van der Waals surface area contributed by atoms with Gasteiger partial charge in [-0.15, -0.1) is 6.58 Å².